The number of carboxylic acids is 1. The molecule has 4 bridgehead atoms. The van der Waals surface area contributed by atoms with Crippen molar-refractivity contribution in [2.24, 2.45) is 17.8 Å². The lowest BCUT2D eigenvalue weighted by molar-refractivity contribution is -0.220. The number of fused-ring (bicyclic) bond motifs is 2. The molecule has 6 aliphatic rings. The Morgan fingerprint density at radius 2 is 1.68 bits per heavy atom. The van der Waals surface area contributed by atoms with E-state index in [0.29, 0.717) is 29.7 Å². The van der Waals surface area contributed by atoms with Crippen LogP contribution in [0.3, 0.4) is 0 Å². The summed E-state index contributed by atoms with van der Waals surface area (Å²) in [6.45, 7) is 15.1. The van der Waals surface area contributed by atoms with E-state index >= 15 is 0 Å². The van der Waals surface area contributed by atoms with Gasteiger partial charge in [-0.1, -0.05) is 29.4 Å². The number of carbonyl (C=O) groups excluding carboxylic acids is 2. The number of carbonyl (C=O) groups is 3. The Kier molecular flexibility index (Phi) is 7.72. The van der Waals surface area contributed by atoms with Crippen LogP contribution in [0.2, 0.25) is 0 Å². The van der Waals surface area contributed by atoms with Crippen molar-refractivity contribution in [3.8, 4) is 17.2 Å². The van der Waals surface area contributed by atoms with E-state index in [1.807, 2.05) is 60.6 Å². The molecule has 1 saturated heterocycles. The molecule has 3 aliphatic carbocycles. The highest BCUT2D eigenvalue weighted by Crippen LogP contribution is 2.70. The molecule has 3 aliphatic heterocycles. The molecular formula is C38H46O9. The first-order valence-electron chi connectivity index (χ1n) is 16.5. The lowest BCUT2D eigenvalue weighted by atomic mass is 9.45. The van der Waals surface area contributed by atoms with Gasteiger partial charge in [-0.05, 0) is 93.2 Å². The fraction of sp³-hybridized carbons (Fsp3) is 0.553. The number of benzene rings is 1. The lowest BCUT2D eigenvalue weighted by Crippen LogP contribution is -2.80. The Hall–Kier alpha value is -3.69. The van der Waals surface area contributed by atoms with Crippen LogP contribution in [0.1, 0.15) is 103 Å². The van der Waals surface area contributed by atoms with E-state index in [0.717, 1.165) is 12.0 Å². The quantitative estimate of drug-likeness (QED) is 0.220. The molecule has 0 radical (unpaired) electrons. The number of Topliss-reactive ketones (excluding diaryl/α,β-unsaturated/α-hetero) is 2. The van der Waals surface area contributed by atoms with Gasteiger partial charge < -0.3 is 29.5 Å². The van der Waals surface area contributed by atoms with Gasteiger partial charge in [-0.3, -0.25) is 9.59 Å². The summed E-state index contributed by atoms with van der Waals surface area (Å²) in [7, 11) is 0. The predicted octanol–water partition coefficient (Wildman–Crippen LogP) is 6.29. The predicted molar refractivity (Wildman–Crippen MR) is 176 cm³/mol. The maximum Gasteiger partial charge on any atom is 0.330 e. The zero-order valence-corrected chi connectivity index (χ0v) is 28.5. The van der Waals surface area contributed by atoms with Gasteiger partial charge in [-0.2, -0.15) is 0 Å². The molecule has 4 fully saturated rings. The summed E-state index contributed by atoms with van der Waals surface area (Å²) in [4.78, 5) is 41.1. The van der Waals surface area contributed by atoms with Crippen molar-refractivity contribution in [2.75, 3.05) is 0 Å². The Morgan fingerprint density at radius 3 is 2.32 bits per heavy atom. The van der Waals surface area contributed by atoms with Crippen LogP contribution < -0.4 is 9.47 Å². The molecule has 252 valence electrons. The molecule has 3 N–H and O–H groups in total. The first kappa shape index (κ1) is 33.2. The van der Waals surface area contributed by atoms with E-state index in [1.54, 1.807) is 6.08 Å². The first-order chi connectivity index (χ1) is 21.9. The van der Waals surface area contributed by atoms with E-state index in [4.69, 9.17) is 14.2 Å². The molecule has 9 nitrogen and oxygen atoms in total. The Morgan fingerprint density at radius 1 is 1.00 bits per heavy atom. The van der Waals surface area contributed by atoms with E-state index < -0.39 is 63.8 Å². The number of aliphatic hydroxyl groups is 1. The average molecular weight is 647 g/mol. The van der Waals surface area contributed by atoms with Gasteiger partial charge in [-0.25, -0.2) is 4.79 Å². The SMILES string of the molecule is CC(C)=CCC[C@]1(C)C=Cc2c(O)c3c(c(CC=C(C)C)c2O1)O[C@]12[C@H](C3=O)[C@@H](O)[C@@H]3C[C@H]1C(C)(C)O[C@@]2(C/C=C(/C)C(=O)O)C3=O. The monoisotopic (exact) mass is 646 g/mol. The van der Waals surface area contributed by atoms with Crippen molar-refractivity contribution in [3.63, 3.8) is 0 Å². The fourth-order valence-electron chi connectivity index (χ4n) is 8.76. The van der Waals surface area contributed by atoms with Crippen LogP contribution in [0.4, 0.5) is 0 Å². The smallest absolute Gasteiger partial charge is 0.330 e. The topological polar surface area (TPSA) is 140 Å². The normalized spacial score (nSPS) is 34.1. The third kappa shape index (κ3) is 4.67. The number of ether oxygens (including phenoxy) is 3. The molecule has 0 amide bonds. The molecular weight excluding hydrogens is 600 g/mol. The molecule has 0 aromatic heterocycles. The molecule has 47 heavy (non-hydrogen) atoms. The van der Waals surface area contributed by atoms with Crippen LogP contribution in [0.5, 0.6) is 17.2 Å². The van der Waals surface area contributed by atoms with Gasteiger partial charge in [-0.15, -0.1) is 0 Å². The van der Waals surface area contributed by atoms with Crippen LogP contribution in [-0.4, -0.2) is 61.4 Å². The summed E-state index contributed by atoms with van der Waals surface area (Å²) < 4.78 is 20.5. The largest absolute Gasteiger partial charge is 0.506 e. The summed E-state index contributed by atoms with van der Waals surface area (Å²) in [5, 5.41) is 33.2. The summed E-state index contributed by atoms with van der Waals surface area (Å²) in [5.41, 5.74) is -1.91. The number of carboxylic acid groups (broad SMARTS) is 1. The van der Waals surface area contributed by atoms with Crippen LogP contribution in [0, 0.1) is 17.8 Å². The van der Waals surface area contributed by atoms with Crippen LogP contribution in [0.25, 0.3) is 6.08 Å². The molecule has 9 heteroatoms. The van der Waals surface area contributed by atoms with E-state index in [-0.39, 0.29) is 35.5 Å². The first-order valence-corrected chi connectivity index (χ1v) is 16.5. The minimum absolute atomic E-state index is 0.0260. The Labute approximate surface area is 276 Å². The molecule has 3 heterocycles. The number of ketones is 2. The second-order valence-corrected chi connectivity index (χ2v) is 15.2. The van der Waals surface area contributed by atoms with E-state index in [1.165, 1.54) is 18.6 Å². The van der Waals surface area contributed by atoms with Crippen molar-refractivity contribution >= 4 is 23.6 Å². The second-order valence-electron chi connectivity index (χ2n) is 15.2. The van der Waals surface area contributed by atoms with Crippen LogP contribution in [0.15, 0.2) is 41.0 Å². The van der Waals surface area contributed by atoms with Crippen molar-refractivity contribution in [2.45, 2.75) is 116 Å². The molecule has 3 saturated carbocycles. The molecule has 7 rings (SSSR count). The van der Waals surface area contributed by atoms with E-state index in [9.17, 15) is 29.7 Å². The van der Waals surface area contributed by atoms with Crippen LogP contribution in [-0.2, 0) is 20.7 Å². The summed E-state index contributed by atoms with van der Waals surface area (Å²) in [6.07, 6.45) is 9.79. The summed E-state index contributed by atoms with van der Waals surface area (Å²) in [6, 6.07) is 0. The highest BCUT2D eigenvalue weighted by molar-refractivity contribution is 6.10. The summed E-state index contributed by atoms with van der Waals surface area (Å²) in [5.74, 6) is -4.44. The van der Waals surface area contributed by atoms with Crippen molar-refractivity contribution in [1.82, 2.24) is 0 Å². The second kappa shape index (κ2) is 10.9. The lowest BCUT2D eigenvalue weighted by Gasteiger charge is -2.62. The highest BCUT2D eigenvalue weighted by Gasteiger charge is 2.85. The van der Waals surface area contributed by atoms with Gasteiger partial charge in [0.2, 0.25) is 0 Å². The standard InChI is InChI=1S/C38H46O9/c1-19(2)10-9-15-36(8)16-14-22-28(39)26-30(41)27-29(40)24-18-25-35(6,7)47-37(33(24)42,17-13-21(5)34(43)44)38(25,27)46-32(26)23(31(22)45-36)12-11-20(3)4/h10-11,13-14,16,24-25,27,29,39-40H,9,12,15,17-18H2,1-8H3,(H,43,44)/b21-13-/t24-,25-,27-,29-,36+,37-,38-/m0/s1. The van der Waals surface area contributed by atoms with Crippen molar-refractivity contribution < 1.29 is 43.9 Å². The third-order valence-corrected chi connectivity index (χ3v) is 11.1. The number of aliphatic carboxylic acids is 1. The van der Waals surface area contributed by atoms with Gasteiger partial charge in [0.15, 0.2) is 22.8 Å². The van der Waals surface area contributed by atoms with Gasteiger partial charge in [0.1, 0.15) is 28.4 Å². The van der Waals surface area contributed by atoms with E-state index in [2.05, 4.69) is 6.08 Å². The van der Waals surface area contributed by atoms with Crippen LogP contribution >= 0.6 is 0 Å². The number of aliphatic hydroxyl groups excluding tert-OH is 1. The van der Waals surface area contributed by atoms with Gasteiger partial charge in [0.25, 0.3) is 0 Å². The van der Waals surface area contributed by atoms with Gasteiger partial charge in [0.05, 0.1) is 23.2 Å². The number of hydrogen-bond acceptors (Lipinski definition) is 8. The Balaban J connectivity index is 1.60. The van der Waals surface area contributed by atoms with Gasteiger partial charge >= 0.3 is 5.97 Å². The summed E-state index contributed by atoms with van der Waals surface area (Å²) >= 11 is 0. The number of allylic oxidation sites excluding steroid dienone is 4. The zero-order valence-electron chi connectivity index (χ0n) is 28.5. The van der Waals surface area contributed by atoms with Gasteiger partial charge in [0, 0.05) is 29.4 Å². The number of aromatic hydroxyl groups is 1. The highest BCUT2D eigenvalue weighted by atomic mass is 16.6. The maximum absolute atomic E-state index is 14.8. The molecule has 1 aromatic carbocycles. The fourth-order valence-corrected chi connectivity index (χ4v) is 8.76. The maximum atomic E-state index is 14.8. The number of rotatable bonds is 8. The molecule has 7 atom stereocenters. The number of phenolic OH excluding ortho intramolecular Hbond substituents is 1. The number of phenols is 1. The molecule has 1 spiro atoms. The van der Waals surface area contributed by atoms with Crippen molar-refractivity contribution in [3.05, 3.63) is 57.7 Å². The minimum Gasteiger partial charge on any atom is -0.506 e. The Bertz CT molecular complexity index is 1700. The third-order valence-electron chi connectivity index (χ3n) is 11.1. The minimum atomic E-state index is -1.74. The number of hydrogen-bond donors (Lipinski definition) is 3. The van der Waals surface area contributed by atoms with Crippen molar-refractivity contribution in [1.29, 1.82) is 0 Å². The average Bonchev–Trinajstić information content (AvgIpc) is 3.10. The molecule has 1 aromatic rings. The zero-order chi connectivity index (χ0) is 34.4. The molecule has 0 unspecified atom stereocenters.